The molecular weight excluding hydrogens is 250 g/mol. The van der Waals surface area contributed by atoms with Crippen LogP contribution in [0.4, 0.5) is 5.82 Å². The van der Waals surface area contributed by atoms with Crippen LogP contribution in [0.3, 0.4) is 0 Å². The lowest BCUT2D eigenvalue weighted by molar-refractivity contribution is -0.0118. The lowest BCUT2D eigenvalue weighted by Gasteiger charge is -2.15. The average Bonchev–Trinajstić information content (AvgIpc) is 2.94. The van der Waals surface area contributed by atoms with Crippen LogP contribution < -0.4 is 5.73 Å². The molecule has 0 aliphatic carbocycles. The number of nitrogens with zero attached hydrogens (tertiary/aromatic N) is 4. The van der Waals surface area contributed by atoms with Crippen molar-refractivity contribution in [2.45, 2.75) is 25.4 Å². The van der Waals surface area contributed by atoms with Crippen molar-refractivity contribution in [1.82, 2.24) is 19.5 Å². The first-order chi connectivity index (χ1) is 9.13. The van der Waals surface area contributed by atoms with Gasteiger partial charge in [0.25, 0.3) is 0 Å². The molecule has 0 spiro atoms. The number of nitrogen functional groups attached to an aromatic ring is 1. The van der Waals surface area contributed by atoms with Crippen molar-refractivity contribution in [2.24, 2.45) is 0 Å². The predicted octanol–water partition coefficient (Wildman–Crippen LogP) is -0.437. The predicted molar refractivity (Wildman–Crippen MR) is 65.6 cm³/mol. The van der Waals surface area contributed by atoms with Crippen molar-refractivity contribution < 1.29 is 14.9 Å². The summed E-state index contributed by atoms with van der Waals surface area (Å²) in [5, 5.41) is 19.8. The summed E-state index contributed by atoms with van der Waals surface area (Å²) in [6.45, 7) is 1.72. The summed E-state index contributed by atoms with van der Waals surface area (Å²) in [6.07, 6.45) is 1.42. The lowest BCUT2D eigenvalue weighted by atomic mass is 10.2. The molecule has 8 nitrogen and oxygen atoms in total. The fraction of sp³-hybridized carbons (Fsp3) is 0.364. The molecule has 8 heteroatoms. The lowest BCUT2D eigenvalue weighted by Crippen LogP contribution is -2.27. The zero-order chi connectivity index (χ0) is 13.6. The molecule has 2 aromatic rings. The van der Waals surface area contributed by atoms with Gasteiger partial charge in [0.1, 0.15) is 36.1 Å². The average molecular weight is 263 g/mol. The highest BCUT2D eigenvalue weighted by Gasteiger charge is 2.41. The summed E-state index contributed by atoms with van der Waals surface area (Å²) >= 11 is 0. The van der Waals surface area contributed by atoms with Gasteiger partial charge in [-0.05, 0) is 13.0 Å². The minimum Gasteiger partial charge on any atom is -0.469 e. The Morgan fingerprint density at radius 1 is 1.37 bits per heavy atom. The van der Waals surface area contributed by atoms with E-state index in [9.17, 15) is 10.2 Å². The van der Waals surface area contributed by atoms with E-state index in [0.29, 0.717) is 16.9 Å². The third-order valence-electron chi connectivity index (χ3n) is 3.11. The summed E-state index contributed by atoms with van der Waals surface area (Å²) in [7, 11) is 0. The minimum atomic E-state index is -1.10. The fourth-order valence-electron chi connectivity index (χ4n) is 2.12. The van der Waals surface area contributed by atoms with Gasteiger partial charge in [0.15, 0.2) is 11.5 Å². The minimum absolute atomic E-state index is 0.253. The van der Waals surface area contributed by atoms with Crippen LogP contribution in [0.15, 0.2) is 24.5 Å². The van der Waals surface area contributed by atoms with E-state index in [-0.39, 0.29) is 5.82 Å². The first-order valence-electron chi connectivity index (χ1n) is 5.75. The number of ether oxygens (including phenoxy) is 1. The highest BCUT2D eigenvalue weighted by molar-refractivity contribution is 5.81. The van der Waals surface area contributed by atoms with E-state index in [0.717, 1.165) is 0 Å². The second kappa shape index (κ2) is 4.18. The van der Waals surface area contributed by atoms with E-state index in [1.807, 2.05) is 0 Å². The Balaban J connectivity index is 2.09. The van der Waals surface area contributed by atoms with Crippen LogP contribution in [0.1, 0.15) is 13.2 Å². The van der Waals surface area contributed by atoms with Crippen LogP contribution in [0, 0.1) is 0 Å². The molecule has 1 saturated heterocycles. The maximum atomic E-state index is 10.0. The van der Waals surface area contributed by atoms with Gasteiger partial charge in [0, 0.05) is 0 Å². The Morgan fingerprint density at radius 2 is 2.16 bits per heavy atom. The van der Waals surface area contributed by atoms with Crippen molar-refractivity contribution >= 4 is 17.0 Å². The molecule has 1 aliphatic heterocycles. The van der Waals surface area contributed by atoms with Crippen molar-refractivity contribution in [3.63, 3.8) is 0 Å². The Bertz CT molecular complexity index is 653. The summed E-state index contributed by atoms with van der Waals surface area (Å²) in [5.41, 5.74) is 6.57. The van der Waals surface area contributed by atoms with Gasteiger partial charge < -0.3 is 20.7 Å². The van der Waals surface area contributed by atoms with Gasteiger partial charge in [0.2, 0.25) is 6.23 Å². The van der Waals surface area contributed by atoms with Gasteiger partial charge in [-0.15, -0.1) is 0 Å². The van der Waals surface area contributed by atoms with Gasteiger partial charge in [-0.3, -0.25) is 4.57 Å². The molecule has 0 radical (unpaired) electrons. The normalized spacial score (nSPS) is 29.0. The van der Waals surface area contributed by atoms with Crippen molar-refractivity contribution in [2.75, 3.05) is 5.73 Å². The number of hydrogen-bond acceptors (Lipinski definition) is 7. The largest absolute Gasteiger partial charge is 0.469 e. The van der Waals surface area contributed by atoms with Gasteiger partial charge in [0.05, 0.1) is 0 Å². The number of fused-ring (bicyclic) bond motifs is 1. The highest BCUT2D eigenvalue weighted by atomic mass is 16.5. The molecule has 100 valence electrons. The number of rotatable bonds is 1. The number of anilines is 1. The molecular formula is C11H13N5O3. The standard InChI is InChI=1S/C11H13N5O3/c1-2-5-7(17)8(18)11(19-5)16-4-15-6-9(12)13-3-14-10(6)16/h2-4,7-8,11,17-18H,1H3,(H2,12,13,14)/b5-2+. The second-order valence-electron chi connectivity index (χ2n) is 4.22. The molecule has 3 rings (SSSR count). The number of hydrogen-bond donors (Lipinski definition) is 3. The molecule has 1 fully saturated rings. The molecule has 4 N–H and O–H groups in total. The van der Waals surface area contributed by atoms with E-state index < -0.39 is 18.4 Å². The molecule has 0 saturated carbocycles. The molecule has 0 bridgehead atoms. The molecule has 2 aromatic heterocycles. The molecule has 0 amide bonds. The maximum absolute atomic E-state index is 10.0. The topological polar surface area (TPSA) is 119 Å². The van der Waals surface area contributed by atoms with E-state index in [4.69, 9.17) is 10.5 Å². The smallest absolute Gasteiger partial charge is 0.207 e. The Labute approximate surface area is 108 Å². The van der Waals surface area contributed by atoms with Crippen molar-refractivity contribution in [1.29, 1.82) is 0 Å². The first-order valence-corrected chi connectivity index (χ1v) is 5.75. The second-order valence-corrected chi connectivity index (χ2v) is 4.22. The number of aromatic nitrogens is 4. The fourth-order valence-corrected chi connectivity index (χ4v) is 2.12. The summed E-state index contributed by atoms with van der Waals surface area (Å²) < 4.78 is 7.04. The van der Waals surface area contributed by atoms with Gasteiger partial charge in [-0.1, -0.05) is 0 Å². The van der Waals surface area contributed by atoms with E-state index >= 15 is 0 Å². The van der Waals surface area contributed by atoms with Gasteiger partial charge in [-0.2, -0.15) is 0 Å². The van der Waals surface area contributed by atoms with E-state index in [1.165, 1.54) is 17.2 Å². The number of aliphatic hydroxyl groups is 2. The van der Waals surface area contributed by atoms with Crippen molar-refractivity contribution in [3.8, 4) is 0 Å². The van der Waals surface area contributed by atoms with E-state index in [2.05, 4.69) is 15.0 Å². The first kappa shape index (κ1) is 11.9. The van der Waals surface area contributed by atoms with Crippen LogP contribution in [0.2, 0.25) is 0 Å². The van der Waals surface area contributed by atoms with Crippen LogP contribution in [0.25, 0.3) is 11.2 Å². The Kier molecular flexibility index (Phi) is 2.61. The van der Waals surface area contributed by atoms with Crippen LogP contribution in [-0.4, -0.2) is 41.9 Å². The molecule has 3 atom stereocenters. The Morgan fingerprint density at radius 3 is 2.84 bits per heavy atom. The number of allylic oxidation sites excluding steroid dienone is 1. The van der Waals surface area contributed by atoms with Gasteiger partial charge in [-0.25, -0.2) is 15.0 Å². The third-order valence-corrected chi connectivity index (χ3v) is 3.11. The zero-order valence-electron chi connectivity index (χ0n) is 10.1. The molecule has 3 unspecified atom stereocenters. The van der Waals surface area contributed by atoms with Crippen LogP contribution >= 0.6 is 0 Å². The monoisotopic (exact) mass is 263 g/mol. The quantitative estimate of drug-likeness (QED) is 0.638. The number of nitrogens with two attached hydrogens (primary N) is 1. The maximum Gasteiger partial charge on any atom is 0.207 e. The highest BCUT2D eigenvalue weighted by Crippen LogP contribution is 2.33. The molecule has 19 heavy (non-hydrogen) atoms. The summed E-state index contributed by atoms with van der Waals surface area (Å²) in [6, 6.07) is 0. The molecule has 3 heterocycles. The third kappa shape index (κ3) is 1.65. The van der Waals surface area contributed by atoms with E-state index in [1.54, 1.807) is 13.0 Å². The number of imidazole rings is 1. The summed E-state index contributed by atoms with van der Waals surface area (Å²) in [4.78, 5) is 12.0. The van der Waals surface area contributed by atoms with Gasteiger partial charge >= 0.3 is 0 Å². The van der Waals surface area contributed by atoms with Crippen LogP contribution in [-0.2, 0) is 4.74 Å². The molecule has 0 aromatic carbocycles. The summed E-state index contributed by atoms with van der Waals surface area (Å²) in [5.74, 6) is 0.574. The SMILES string of the molecule is C/C=C1/OC(n2cnc3c(N)ncnc32)C(O)C1O. The van der Waals surface area contributed by atoms with Crippen molar-refractivity contribution in [3.05, 3.63) is 24.5 Å². The van der Waals surface area contributed by atoms with Crippen LogP contribution in [0.5, 0.6) is 0 Å². The molecule has 1 aliphatic rings. The number of aliphatic hydroxyl groups excluding tert-OH is 2. The Hall–Kier alpha value is -2.19. The zero-order valence-corrected chi connectivity index (χ0v) is 10.1.